The van der Waals surface area contributed by atoms with Gasteiger partial charge in [-0.05, 0) is 30.3 Å². The molecule has 2 aromatic rings. The van der Waals surface area contributed by atoms with Gasteiger partial charge in [0.15, 0.2) is 0 Å². The van der Waals surface area contributed by atoms with Crippen LogP contribution in [0.3, 0.4) is 0 Å². The molecule has 0 saturated carbocycles. The molecule has 0 unspecified atom stereocenters. The van der Waals surface area contributed by atoms with Crippen molar-refractivity contribution in [1.29, 1.82) is 0 Å². The van der Waals surface area contributed by atoms with Crippen LogP contribution in [0.2, 0.25) is 0 Å². The van der Waals surface area contributed by atoms with Crippen molar-refractivity contribution in [2.24, 2.45) is 0 Å². The molecule has 0 aliphatic heterocycles. The first-order chi connectivity index (χ1) is 7.16. The SMILES string of the molecule is Nc1ccc(F)c(-c2cccc(F)n2)c1. The molecule has 0 fully saturated rings. The van der Waals surface area contributed by atoms with Gasteiger partial charge in [-0.3, -0.25) is 0 Å². The third-order valence-corrected chi connectivity index (χ3v) is 1.98. The molecule has 1 heterocycles. The van der Waals surface area contributed by atoms with Gasteiger partial charge < -0.3 is 5.73 Å². The van der Waals surface area contributed by atoms with Crippen LogP contribution >= 0.6 is 0 Å². The van der Waals surface area contributed by atoms with Gasteiger partial charge in [-0.25, -0.2) is 9.37 Å². The minimum absolute atomic E-state index is 0.203. The van der Waals surface area contributed by atoms with Crippen LogP contribution in [-0.2, 0) is 0 Å². The zero-order chi connectivity index (χ0) is 10.8. The van der Waals surface area contributed by atoms with Gasteiger partial charge in [0.2, 0.25) is 5.95 Å². The van der Waals surface area contributed by atoms with Crippen molar-refractivity contribution in [3.63, 3.8) is 0 Å². The molecular formula is C11H8F2N2. The van der Waals surface area contributed by atoms with Crippen LogP contribution in [0.25, 0.3) is 11.3 Å². The van der Waals surface area contributed by atoms with Gasteiger partial charge in [-0.15, -0.1) is 0 Å². The number of aromatic nitrogens is 1. The summed E-state index contributed by atoms with van der Waals surface area (Å²) in [6.07, 6.45) is 0. The van der Waals surface area contributed by atoms with Gasteiger partial charge in [0.05, 0.1) is 5.69 Å². The summed E-state index contributed by atoms with van der Waals surface area (Å²) < 4.78 is 26.2. The van der Waals surface area contributed by atoms with Gasteiger partial charge in [-0.1, -0.05) is 6.07 Å². The Morgan fingerprint density at radius 1 is 1.07 bits per heavy atom. The number of nitrogens with zero attached hydrogens (tertiary/aromatic N) is 1. The number of halogens is 2. The van der Waals surface area contributed by atoms with E-state index in [2.05, 4.69) is 4.98 Å². The predicted molar refractivity (Wildman–Crippen MR) is 54.0 cm³/mol. The molecule has 0 bridgehead atoms. The van der Waals surface area contributed by atoms with Gasteiger partial charge in [-0.2, -0.15) is 4.39 Å². The molecule has 76 valence electrons. The number of hydrogen-bond donors (Lipinski definition) is 1. The van der Waals surface area contributed by atoms with Gasteiger partial charge in [0.25, 0.3) is 0 Å². The lowest BCUT2D eigenvalue weighted by Crippen LogP contribution is -1.92. The second-order valence-electron chi connectivity index (χ2n) is 3.08. The highest BCUT2D eigenvalue weighted by molar-refractivity contribution is 5.64. The molecule has 0 amide bonds. The first-order valence-corrected chi connectivity index (χ1v) is 4.35. The van der Waals surface area contributed by atoms with E-state index in [9.17, 15) is 8.78 Å². The number of nitrogens with two attached hydrogens (primary N) is 1. The Morgan fingerprint density at radius 3 is 2.60 bits per heavy atom. The van der Waals surface area contributed by atoms with E-state index in [0.29, 0.717) is 5.69 Å². The smallest absolute Gasteiger partial charge is 0.213 e. The topological polar surface area (TPSA) is 38.9 Å². The maximum Gasteiger partial charge on any atom is 0.213 e. The van der Waals surface area contributed by atoms with Crippen molar-refractivity contribution in [2.75, 3.05) is 5.73 Å². The summed E-state index contributed by atoms with van der Waals surface area (Å²) in [5.74, 6) is -1.11. The quantitative estimate of drug-likeness (QED) is 0.575. The molecule has 0 spiro atoms. The highest BCUT2D eigenvalue weighted by Crippen LogP contribution is 2.23. The van der Waals surface area contributed by atoms with Gasteiger partial charge >= 0.3 is 0 Å². The fraction of sp³-hybridized carbons (Fsp3) is 0. The second kappa shape index (κ2) is 3.65. The molecule has 0 aliphatic rings. The summed E-state index contributed by atoms with van der Waals surface area (Å²) in [5.41, 5.74) is 6.37. The van der Waals surface area contributed by atoms with E-state index in [0.717, 1.165) is 0 Å². The van der Waals surface area contributed by atoms with E-state index in [4.69, 9.17) is 5.73 Å². The Balaban J connectivity index is 2.58. The minimum atomic E-state index is -0.644. The van der Waals surface area contributed by atoms with E-state index < -0.39 is 11.8 Å². The van der Waals surface area contributed by atoms with Gasteiger partial charge in [0.1, 0.15) is 5.82 Å². The Labute approximate surface area is 85.4 Å². The van der Waals surface area contributed by atoms with Crippen molar-refractivity contribution >= 4 is 5.69 Å². The summed E-state index contributed by atoms with van der Waals surface area (Å²) in [4.78, 5) is 3.58. The van der Waals surface area contributed by atoms with Gasteiger partial charge in [0, 0.05) is 11.3 Å². The predicted octanol–water partition coefficient (Wildman–Crippen LogP) is 2.61. The number of rotatable bonds is 1. The Morgan fingerprint density at radius 2 is 1.87 bits per heavy atom. The van der Waals surface area contributed by atoms with E-state index in [1.807, 2.05) is 0 Å². The fourth-order valence-corrected chi connectivity index (χ4v) is 1.30. The number of nitrogen functional groups attached to an aromatic ring is 1. The third kappa shape index (κ3) is 1.93. The first kappa shape index (κ1) is 9.58. The largest absolute Gasteiger partial charge is 0.399 e. The highest BCUT2D eigenvalue weighted by Gasteiger charge is 2.07. The lowest BCUT2D eigenvalue weighted by molar-refractivity contribution is 0.584. The Bertz CT molecular complexity index is 498. The summed E-state index contributed by atoms with van der Waals surface area (Å²) in [7, 11) is 0. The van der Waals surface area contributed by atoms with Crippen LogP contribution in [0.15, 0.2) is 36.4 Å². The maximum absolute atomic E-state index is 13.4. The van der Waals surface area contributed by atoms with Crippen molar-refractivity contribution in [3.8, 4) is 11.3 Å². The molecule has 0 aliphatic carbocycles. The lowest BCUT2D eigenvalue weighted by Gasteiger charge is -2.03. The molecule has 1 aromatic heterocycles. The Kier molecular flexibility index (Phi) is 2.33. The molecular weight excluding hydrogens is 198 g/mol. The monoisotopic (exact) mass is 206 g/mol. The number of benzene rings is 1. The van der Waals surface area contributed by atoms with E-state index in [-0.39, 0.29) is 11.3 Å². The standard InChI is InChI=1S/C11H8F2N2/c12-9-5-4-7(14)6-8(9)10-2-1-3-11(13)15-10/h1-6H,14H2. The van der Waals surface area contributed by atoms with Crippen LogP contribution in [0, 0.1) is 11.8 Å². The molecule has 2 nitrogen and oxygen atoms in total. The highest BCUT2D eigenvalue weighted by atomic mass is 19.1. The zero-order valence-electron chi connectivity index (χ0n) is 7.74. The number of anilines is 1. The van der Waals surface area contributed by atoms with Crippen molar-refractivity contribution in [2.45, 2.75) is 0 Å². The minimum Gasteiger partial charge on any atom is -0.399 e. The lowest BCUT2D eigenvalue weighted by atomic mass is 10.1. The fourth-order valence-electron chi connectivity index (χ4n) is 1.30. The van der Waals surface area contributed by atoms with E-state index in [1.54, 1.807) is 0 Å². The molecule has 2 rings (SSSR count). The van der Waals surface area contributed by atoms with Crippen LogP contribution in [0.1, 0.15) is 0 Å². The second-order valence-corrected chi connectivity index (χ2v) is 3.08. The zero-order valence-corrected chi connectivity index (χ0v) is 7.74. The maximum atomic E-state index is 13.4. The van der Waals surface area contributed by atoms with E-state index >= 15 is 0 Å². The average molecular weight is 206 g/mol. The van der Waals surface area contributed by atoms with Crippen LogP contribution < -0.4 is 5.73 Å². The van der Waals surface area contributed by atoms with E-state index in [1.165, 1.54) is 36.4 Å². The molecule has 1 aromatic carbocycles. The Hall–Kier alpha value is -1.97. The normalized spacial score (nSPS) is 10.3. The third-order valence-electron chi connectivity index (χ3n) is 1.98. The van der Waals surface area contributed by atoms with Crippen LogP contribution in [-0.4, -0.2) is 4.98 Å². The summed E-state index contributed by atoms with van der Waals surface area (Å²) in [6, 6.07) is 8.31. The molecule has 0 saturated heterocycles. The first-order valence-electron chi connectivity index (χ1n) is 4.35. The average Bonchev–Trinajstić information content (AvgIpc) is 2.22. The molecule has 0 radical (unpaired) electrons. The molecule has 15 heavy (non-hydrogen) atoms. The summed E-state index contributed by atoms with van der Waals surface area (Å²) >= 11 is 0. The molecule has 0 atom stereocenters. The molecule has 2 N–H and O–H groups in total. The molecule has 4 heteroatoms. The number of pyridine rings is 1. The van der Waals surface area contributed by atoms with Crippen molar-refractivity contribution in [1.82, 2.24) is 4.98 Å². The summed E-state index contributed by atoms with van der Waals surface area (Å²) in [5, 5.41) is 0. The summed E-state index contributed by atoms with van der Waals surface area (Å²) in [6.45, 7) is 0. The number of hydrogen-bond acceptors (Lipinski definition) is 2. The van der Waals surface area contributed by atoms with Crippen LogP contribution in [0.4, 0.5) is 14.5 Å². The van der Waals surface area contributed by atoms with Crippen molar-refractivity contribution in [3.05, 3.63) is 48.2 Å². The van der Waals surface area contributed by atoms with Crippen LogP contribution in [0.5, 0.6) is 0 Å². The van der Waals surface area contributed by atoms with Crippen molar-refractivity contribution < 1.29 is 8.78 Å².